The van der Waals surface area contributed by atoms with E-state index in [1.807, 2.05) is 24.3 Å². The molecule has 3 aromatic rings. The van der Waals surface area contributed by atoms with Crippen molar-refractivity contribution in [1.82, 2.24) is 9.55 Å². The molecule has 0 unspecified atom stereocenters. The second-order valence-electron chi connectivity index (χ2n) is 4.74. The molecule has 0 aliphatic rings. The number of ketones is 1. The Kier molecular flexibility index (Phi) is 3.06. The smallest absolute Gasteiger partial charge is 0.182 e. The van der Waals surface area contributed by atoms with Crippen LogP contribution in [0.25, 0.3) is 11.0 Å². The quantitative estimate of drug-likeness (QED) is 0.683. The largest absolute Gasteiger partial charge is 0.323 e. The number of hydrogen-bond donors (Lipinski definition) is 0. The maximum absolute atomic E-state index is 13.1. The van der Waals surface area contributed by atoms with Crippen LogP contribution in [0.2, 0.25) is 0 Å². The van der Waals surface area contributed by atoms with E-state index in [0.717, 1.165) is 11.0 Å². The molecular formula is C16H13FN2O. The molecule has 0 aliphatic heterocycles. The fourth-order valence-electron chi connectivity index (χ4n) is 2.32. The van der Waals surface area contributed by atoms with Crippen molar-refractivity contribution in [2.45, 2.75) is 13.5 Å². The first-order valence-corrected chi connectivity index (χ1v) is 6.34. The van der Waals surface area contributed by atoms with Crippen LogP contribution < -0.4 is 0 Å². The Morgan fingerprint density at radius 1 is 1.25 bits per heavy atom. The zero-order chi connectivity index (χ0) is 14.1. The summed E-state index contributed by atoms with van der Waals surface area (Å²) in [6.07, 6.45) is 1.65. The number of aromatic nitrogens is 2. The van der Waals surface area contributed by atoms with Crippen molar-refractivity contribution in [3.05, 3.63) is 65.7 Å². The van der Waals surface area contributed by atoms with Crippen molar-refractivity contribution >= 4 is 16.8 Å². The summed E-state index contributed by atoms with van der Waals surface area (Å²) in [4.78, 5) is 16.6. The first-order valence-electron chi connectivity index (χ1n) is 6.34. The van der Waals surface area contributed by atoms with Crippen LogP contribution in [0.4, 0.5) is 4.39 Å². The van der Waals surface area contributed by atoms with Crippen LogP contribution in [0.5, 0.6) is 0 Å². The van der Waals surface area contributed by atoms with Gasteiger partial charge in [0.25, 0.3) is 0 Å². The summed E-state index contributed by atoms with van der Waals surface area (Å²) in [5.74, 6) is -0.377. The third-order valence-electron chi connectivity index (χ3n) is 3.33. The fraction of sp³-hybridized carbons (Fsp3) is 0.125. The average Bonchev–Trinajstić information content (AvgIpc) is 2.82. The highest BCUT2D eigenvalue weighted by Crippen LogP contribution is 2.15. The van der Waals surface area contributed by atoms with Crippen LogP contribution in [0, 0.1) is 12.7 Å². The maximum atomic E-state index is 13.1. The molecule has 0 radical (unpaired) electrons. The number of aryl methyl sites for hydroxylation is 1. The van der Waals surface area contributed by atoms with Crippen LogP contribution in [-0.4, -0.2) is 15.3 Å². The van der Waals surface area contributed by atoms with Gasteiger partial charge in [-0.05, 0) is 42.8 Å². The lowest BCUT2D eigenvalue weighted by atomic mass is 10.0. The van der Waals surface area contributed by atoms with Gasteiger partial charge in [-0.2, -0.15) is 0 Å². The molecule has 3 rings (SSSR count). The van der Waals surface area contributed by atoms with E-state index in [1.54, 1.807) is 17.8 Å². The lowest BCUT2D eigenvalue weighted by molar-refractivity contribution is 0.0972. The number of fused-ring (bicyclic) bond motifs is 1. The SMILES string of the molecule is Cc1cc(F)ccc1C(=O)Cn1cnc2ccccc21. The molecule has 1 heterocycles. The number of benzene rings is 2. The summed E-state index contributed by atoms with van der Waals surface area (Å²) in [5.41, 5.74) is 2.97. The van der Waals surface area contributed by atoms with Crippen molar-refractivity contribution in [3.63, 3.8) is 0 Å². The Labute approximate surface area is 115 Å². The number of para-hydroxylation sites is 2. The lowest BCUT2D eigenvalue weighted by Gasteiger charge is -2.06. The van der Waals surface area contributed by atoms with E-state index in [9.17, 15) is 9.18 Å². The van der Waals surface area contributed by atoms with Gasteiger partial charge >= 0.3 is 0 Å². The molecule has 100 valence electrons. The molecule has 0 saturated heterocycles. The van der Waals surface area contributed by atoms with Crippen molar-refractivity contribution in [3.8, 4) is 0 Å². The molecule has 2 aromatic carbocycles. The summed E-state index contributed by atoms with van der Waals surface area (Å²) in [6, 6.07) is 11.9. The van der Waals surface area contributed by atoms with Crippen LogP contribution in [0.1, 0.15) is 15.9 Å². The van der Waals surface area contributed by atoms with Gasteiger partial charge in [-0.15, -0.1) is 0 Å². The van der Waals surface area contributed by atoms with E-state index in [4.69, 9.17) is 0 Å². The summed E-state index contributed by atoms with van der Waals surface area (Å²) < 4.78 is 14.9. The van der Waals surface area contributed by atoms with E-state index in [2.05, 4.69) is 4.98 Å². The second-order valence-corrected chi connectivity index (χ2v) is 4.74. The Bertz CT molecular complexity index is 792. The van der Waals surface area contributed by atoms with Gasteiger partial charge in [-0.3, -0.25) is 4.79 Å². The van der Waals surface area contributed by atoms with E-state index in [1.165, 1.54) is 18.2 Å². The minimum absolute atomic E-state index is 0.0503. The van der Waals surface area contributed by atoms with Crippen LogP contribution in [0.3, 0.4) is 0 Å². The minimum atomic E-state index is -0.327. The summed E-state index contributed by atoms with van der Waals surface area (Å²) >= 11 is 0. The zero-order valence-electron chi connectivity index (χ0n) is 11.0. The van der Waals surface area contributed by atoms with Gasteiger partial charge in [-0.25, -0.2) is 9.37 Å². The summed E-state index contributed by atoms with van der Waals surface area (Å²) in [5, 5.41) is 0. The van der Waals surface area contributed by atoms with Gasteiger partial charge in [-0.1, -0.05) is 12.1 Å². The van der Waals surface area contributed by atoms with Crippen molar-refractivity contribution in [2.75, 3.05) is 0 Å². The van der Waals surface area contributed by atoms with E-state index < -0.39 is 0 Å². The van der Waals surface area contributed by atoms with E-state index in [-0.39, 0.29) is 18.1 Å². The molecule has 0 spiro atoms. The number of nitrogens with zero attached hydrogens (tertiary/aromatic N) is 2. The number of carbonyl (C=O) groups is 1. The van der Waals surface area contributed by atoms with Gasteiger partial charge in [0.2, 0.25) is 0 Å². The molecule has 1 aromatic heterocycles. The molecule has 0 saturated carbocycles. The molecule has 0 amide bonds. The number of hydrogen-bond acceptors (Lipinski definition) is 2. The predicted molar refractivity (Wildman–Crippen MR) is 75.2 cm³/mol. The number of carbonyl (C=O) groups excluding carboxylic acids is 1. The zero-order valence-corrected chi connectivity index (χ0v) is 11.0. The molecule has 0 bridgehead atoms. The van der Waals surface area contributed by atoms with Crippen molar-refractivity contribution in [2.24, 2.45) is 0 Å². The first-order chi connectivity index (χ1) is 9.65. The van der Waals surface area contributed by atoms with Crippen molar-refractivity contribution < 1.29 is 9.18 Å². The minimum Gasteiger partial charge on any atom is -0.323 e. The third-order valence-corrected chi connectivity index (χ3v) is 3.33. The van der Waals surface area contributed by atoms with E-state index >= 15 is 0 Å². The molecule has 20 heavy (non-hydrogen) atoms. The highest BCUT2D eigenvalue weighted by atomic mass is 19.1. The highest BCUT2D eigenvalue weighted by molar-refractivity contribution is 5.97. The Balaban J connectivity index is 1.92. The summed E-state index contributed by atoms with van der Waals surface area (Å²) in [7, 11) is 0. The molecule has 0 N–H and O–H groups in total. The van der Waals surface area contributed by atoms with Gasteiger partial charge in [0.15, 0.2) is 5.78 Å². The standard InChI is InChI=1S/C16H13FN2O/c1-11-8-12(17)6-7-13(11)16(20)9-19-10-18-14-4-2-3-5-15(14)19/h2-8,10H,9H2,1H3. The third kappa shape index (κ3) is 2.20. The van der Waals surface area contributed by atoms with Gasteiger partial charge in [0, 0.05) is 5.56 Å². The fourth-order valence-corrected chi connectivity index (χ4v) is 2.32. The normalized spacial score (nSPS) is 10.9. The molecule has 3 nitrogen and oxygen atoms in total. The lowest BCUT2D eigenvalue weighted by Crippen LogP contribution is -2.11. The molecule has 0 atom stereocenters. The summed E-state index contributed by atoms with van der Waals surface area (Å²) in [6.45, 7) is 1.94. The average molecular weight is 268 g/mol. The Hall–Kier alpha value is -2.49. The van der Waals surface area contributed by atoms with Crippen LogP contribution in [-0.2, 0) is 6.54 Å². The maximum Gasteiger partial charge on any atom is 0.182 e. The predicted octanol–water partition coefficient (Wildman–Crippen LogP) is 3.37. The van der Waals surface area contributed by atoms with E-state index in [0.29, 0.717) is 11.1 Å². The number of rotatable bonds is 3. The monoisotopic (exact) mass is 268 g/mol. The van der Waals surface area contributed by atoms with Crippen molar-refractivity contribution in [1.29, 1.82) is 0 Å². The Morgan fingerprint density at radius 3 is 2.85 bits per heavy atom. The van der Waals surface area contributed by atoms with Crippen LogP contribution >= 0.6 is 0 Å². The number of imidazole rings is 1. The van der Waals surface area contributed by atoms with Gasteiger partial charge < -0.3 is 4.57 Å². The first kappa shape index (κ1) is 12.5. The molecule has 0 aliphatic carbocycles. The molecular weight excluding hydrogens is 255 g/mol. The van der Waals surface area contributed by atoms with Crippen LogP contribution in [0.15, 0.2) is 48.8 Å². The van der Waals surface area contributed by atoms with Gasteiger partial charge in [0.05, 0.1) is 23.9 Å². The topological polar surface area (TPSA) is 34.9 Å². The Morgan fingerprint density at radius 2 is 2.05 bits per heavy atom. The molecule has 0 fully saturated rings. The second kappa shape index (κ2) is 4.89. The number of Topliss-reactive ketones (excluding diaryl/α,β-unsaturated/α-hetero) is 1. The van der Waals surface area contributed by atoms with Gasteiger partial charge in [0.1, 0.15) is 5.82 Å². The number of halogens is 1. The molecule has 4 heteroatoms. The highest BCUT2D eigenvalue weighted by Gasteiger charge is 2.12.